The number of rotatable bonds is 1. The molecule has 2 N–H and O–H groups in total. The quantitative estimate of drug-likeness (QED) is 0.734. The van der Waals surface area contributed by atoms with Crippen LogP contribution in [0.5, 0.6) is 0 Å². The molecule has 0 amide bonds. The SMILES string of the molecule is Nc1ccc(-n2ncc3c2COCC3)cc1. The van der Waals surface area contributed by atoms with E-state index in [0.717, 1.165) is 30.1 Å². The van der Waals surface area contributed by atoms with Crippen LogP contribution in [0.3, 0.4) is 0 Å². The number of anilines is 1. The zero-order valence-corrected chi connectivity index (χ0v) is 8.89. The molecule has 1 aliphatic rings. The number of ether oxygens (including phenoxy) is 1. The summed E-state index contributed by atoms with van der Waals surface area (Å²) in [5.41, 5.74) is 9.89. The monoisotopic (exact) mass is 215 g/mol. The topological polar surface area (TPSA) is 53.1 Å². The van der Waals surface area contributed by atoms with Gasteiger partial charge in [0.1, 0.15) is 0 Å². The highest BCUT2D eigenvalue weighted by Crippen LogP contribution is 2.20. The van der Waals surface area contributed by atoms with E-state index >= 15 is 0 Å². The summed E-state index contributed by atoms with van der Waals surface area (Å²) >= 11 is 0. The van der Waals surface area contributed by atoms with Gasteiger partial charge in [-0.25, -0.2) is 4.68 Å². The number of aromatic nitrogens is 2. The Bertz CT molecular complexity index is 501. The van der Waals surface area contributed by atoms with E-state index < -0.39 is 0 Å². The van der Waals surface area contributed by atoms with Gasteiger partial charge in [0, 0.05) is 5.69 Å². The third-order valence-corrected chi connectivity index (χ3v) is 2.85. The lowest BCUT2D eigenvalue weighted by atomic mass is 10.1. The van der Waals surface area contributed by atoms with Gasteiger partial charge in [-0.15, -0.1) is 0 Å². The van der Waals surface area contributed by atoms with E-state index in [1.54, 1.807) is 0 Å². The number of nitrogens with zero attached hydrogens (tertiary/aromatic N) is 2. The standard InChI is InChI=1S/C12H13N3O/c13-10-1-3-11(4-2-10)15-12-8-16-6-5-9(12)7-14-15/h1-4,7H,5-6,8,13H2. The van der Waals surface area contributed by atoms with Crippen LogP contribution in [0.25, 0.3) is 5.69 Å². The number of fused-ring (bicyclic) bond motifs is 1. The zero-order valence-electron chi connectivity index (χ0n) is 8.89. The molecular formula is C12H13N3O. The highest BCUT2D eigenvalue weighted by Gasteiger charge is 2.15. The average molecular weight is 215 g/mol. The molecule has 1 aromatic carbocycles. The fourth-order valence-electron chi connectivity index (χ4n) is 1.96. The summed E-state index contributed by atoms with van der Waals surface area (Å²) in [4.78, 5) is 0. The van der Waals surface area contributed by atoms with Crippen LogP contribution in [0.15, 0.2) is 30.5 Å². The van der Waals surface area contributed by atoms with Crippen LogP contribution in [0.1, 0.15) is 11.3 Å². The third-order valence-electron chi connectivity index (χ3n) is 2.85. The predicted molar refractivity (Wildman–Crippen MR) is 61.3 cm³/mol. The lowest BCUT2D eigenvalue weighted by Gasteiger charge is -2.14. The van der Waals surface area contributed by atoms with E-state index in [1.807, 2.05) is 35.1 Å². The Balaban J connectivity index is 2.06. The fourth-order valence-corrected chi connectivity index (χ4v) is 1.96. The molecule has 3 rings (SSSR count). The van der Waals surface area contributed by atoms with Gasteiger partial charge in [0.15, 0.2) is 0 Å². The fraction of sp³-hybridized carbons (Fsp3) is 0.250. The van der Waals surface area contributed by atoms with Crippen molar-refractivity contribution in [3.8, 4) is 5.69 Å². The van der Waals surface area contributed by atoms with Crippen molar-refractivity contribution in [2.45, 2.75) is 13.0 Å². The lowest BCUT2D eigenvalue weighted by molar-refractivity contribution is 0.106. The maximum absolute atomic E-state index is 5.66. The van der Waals surface area contributed by atoms with Gasteiger partial charge in [-0.2, -0.15) is 5.10 Å². The summed E-state index contributed by atoms with van der Waals surface area (Å²) in [6.07, 6.45) is 2.87. The van der Waals surface area contributed by atoms with E-state index in [0.29, 0.717) is 6.61 Å². The molecule has 0 fully saturated rings. The second-order valence-electron chi connectivity index (χ2n) is 3.92. The molecule has 2 heterocycles. The molecule has 82 valence electrons. The van der Waals surface area contributed by atoms with Gasteiger partial charge in [-0.05, 0) is 36.2 Å². The minimum absolute atomic E-state index is 0.639. The Labute approximate surface area is 93.6 Å². The Hall–Kier alpha value is -1.81. The van der Waals surface area contributed by atoms with Crippen LogP contribution in [0.4, 0.5) is 5.69 Å². The van der Waals surface area contributed by atoms with Crippen molar-refractivity contribution in [3.05, 3.63) is 41.7 Å². The van der Waals surface area contributed by atoms with Crippen molar-refractivity contribution in [3.63, 3.8) is 0 Å². The second kappa shape index (κ2) is 3.64. The van der Waals surface area contributed by atoms with Crippen molar-refractivity contribution >= 4 is 5.69 Å². The van der Waals surface area contributed by atoms with Gasteiger partial charge < -0.3 is 10.5 Å². The van der Waals surface area contributed by atoms with E-state index in [1.165, 1.54) is 5.56 Å². The normalized spacial score (nSPS) is 14.8. The summed E-state index contributed by atoms with van der Waals surface area (Å²) in [5.74, 6) is 0. The molecule has 0 saturated heterocycles. The Morgan fingerprint density at radius 3 is 2.88 bits per heavy atom. The molecular weight excluding hydrogens is 202 g/mol. The van der Waals surface area contributed by atoms with Crippen molar-refractivity contribution in [2.24, 2.45) is 0 Å². The van der Waals surface area contributed by atoms with E-state index in [2.05, 4.69) is 5.10 Å². The molecule has 0 saturated carbocycles. The van der Waals surface area contributed by atoms with E-state index in [9.17, 15) is 0 Å². The Morgan fingerprint density at radius 1 is 1.25 bits per heavy atom. The molecule has 2 aromatic rings. The molecule has 0 spiro atoms. The summed E-state index contributed by atoms with van der Waals surface area (Å²) in [6.45, 7) is 1.43. The second-order valence-corrected chi connectivity index (χ2v) is 3.92. The first-order valence-corrected chi connectivity index (χ1v) is 5.34. The molecule has 0 bridgehead atoms. The van der Waals surface area contributed by atoms with Gasteiger partial charge in [-0.1, -0.05) is 0 Å². The van der Waals surface area contributed by atoms with Crippen molar-refractivity contribution in [2.75, 3.05) is 12.3 Å². The number of nitrogen functional groups attached to an aromatic ring is 1. The smallest absolute Gasteiger partial charge is 0.0892 e. The maximum atomic E-state index is 5.66. The molecule has 4 heteroatoms. The van der Waals surface area contributed by atoms with Crippen LogP contribution in [0.2, 0.25) is 0 Å². The third kappa shape index (κ3) is 1.47. The minimum Gasteiger partial charge on any atom is -0.399 e. The van der Waals surface area contributed by atoms with Gasteiger partial charge >= 0.3 is 0 Å². The largest absolute Gasteiger partial charge is 0.399 e. The van der Waals surface area contributed by atoms with Gasteiger partial charge in [0.05, 0.1) is 30.8 Å². The first-order valence-electron chi connectivity index (χ1n) is 5.34. The Kier molecular flexibility index (Phi) is 2.15. The summed E-state index contributed by atoms with van der Waals surface area (Å²) in [5, 5.41) is 4.39. The summed E-state index contributed by atoms with van der Waals surface area (Å²) < 4.78 is 7.38. The van der Waals surface area contributed by atoms with Crippen molar-refractivity contribution < 1.29 is 4.74 Å². The predicted octanol–water partition coefficient (Wildman–Crippen LogP) is 1.53. The maximum Gasteiger partial charge on any atom is 0.0892 e. The van der Waals surface area contributed by atoms with Crippen molar-refractivity contribution in [1.82, 2.24) is 9.78 Å². The number of hydrogen-bond donors (Lipinski definition) is 1. The zero-order chi connectivity index (χ0) is 11.0. The van der Waals surface area contributed by atoms with E-state index in [-0.39, 0.29) is 0 Å². The molecule has 0 aliphatic carbocycles. The molecule has 0 radical (unpaired) electrons. The average Bonchev–Trinajstić information content (AvgIpc) is 2.74. The number of hydrogen-bond acceptors (Lipinski definition) is 3. The van der Waals surface area contributed by atoms with Crippen molar-refractivity contribution in [1.29, 1.82) is 0 Å². The lowest BCUT2D eigenvalue weighted by Crippen LogP contribution is -2.12. The molecule has 16 heavy (non-hydrogen) atoms. The Morgan fingerprint density at radius 2 is 2.06 bits per heavy atom. The van der Waals surface area contributed by atoms with Crippen LogP contribution < -0.4 is 5.73 Å². The van der Waals surface area contributed by atoms with Crippen LogP contribution in [-0.4, -0.2) is 16.4 Å². The number of benzene rings is 1. The summed E-state index contributed by atoms with van der Waals surface area (Å²) in [6, 6.07) is 7.70. The van der Waals surface area contributed by atoms with Crippen LogP contribution in [0, 0.1) is 0 Å². The highest BCUT2D eigenvalue weighted by molar-refractivity contribution is 5.45. The molecule has 1 aliphatic heterocycles. The number of nitrogens with two attached hydrogens (primary N) is 1. The minimum atomic E-state index is 0.639. The first kappa shape index (κ1) is 9.42. The van der Waals surface area contributed by atoms with Crippen LogP contribution in [-0.2, 0) is 17.8 Å². The first-order chi connectivity index (χ1) is 7.84. The van der Waals surface area contributed by atoms with E-state index in [4.69, 9.17) is 10.5 Å². The molecule has 0 unspecified atom stereocenters. The molecule has 0 atom stereocenters. The molecule has 1 aromatic heterocycles. The van der Waals surface area contributed by atoms with Gasteiger partial charge in [0.2, 0.25) is 0 Å². The molecule has 4 nitrogen and oxygen atoms in total. The summed E-state index contributed by atoms with van der Waals surface area (Å²) in [7, 11) is 0. The van der Waals surface area contributed by atoms with Gasteiger partial charge in [-0.3, -0.25) is 0 Å². The highest BCUT2D eigenvalue weighted by atomic mass is 16.5. The van der Waals surface area contributed by atoms with Gasteiger partial charge in [0.25, 0.3) is 0 Å². The van der Waals surface area contributed by atoms with Crippen LogP contribution >= 0.6 is 0 Å².